The molecule has 0 fully saturated rings. The summed E-state index contributed by atoms with van der Waals surface area (Å²) in [5.74, 6) is 0.891. The molecule has 2 heterocycles. The smallest absolute Gasteiger partial charge is 0.351 e. The fraction of sp³-hybridized carbons (Fsp3) is 0.136. The lowest BCUT2D eigenvalue weighted by Crippen LogP contribution is -2.37. The Labute approximate surface area is 151 Å². The van der Waals surface area contributed by atoms with Gasteiger partial charge in [0, 0.05) is 24.1 Å². The predicted molar refractivity (Wildman–Crippen MR) is 105 cm³/mol. The third-order valence-corrected chi connectivity index (χ3v) is 5.13. The van der Waals surface area contributed by atoms with E-state index in [1.54, 1.807) is 0 Å². The number of hydrogen-bond acceptors (Lipinski definition) is 2. The zero-order valence-electron chi connectivity index (χ0n) is 15.1. The van der Waals surface area contributed by atoms with Crippen molar-refractivity contribution in [2.75, 3.05) is 0 Å². The van der Waals surface area contributed by atoms with Crippen LogP contribution in [-0.4, -0.2) is 14.6 Å². The highest BCUT2D eigenvalue weighted by atomic mass is 15.3. The van der Waals surface area contributed by atoms with Crippen LogP contribution in [0, 0.1) is 6.92 Å². The van der Waals surface area contributed by atoms with Crippen molar-refractivity contribution in [3.05, 3.63) is 66.4 Å². The lowest BCUT2D eigenvalue weighted by Gasteiger charge is -2.06. The number of rotatable bonds is 1. The highest BCUT2D eigenvalue weighted by Crippen LogP contribution is 2.30. The van der Waals surface area contributed by atoms with E-state index in [1.165, 1.54) is 27.2 Å². The minimum absolute atomic E-state index is 0.891. The normalized spacial score (nSPS) is 11.7. The Balaban J connectivity index is 1.86. The van der Waals surface area contributed by atoms with Gasteiger partial charge in [-0.05, 0) is 52.5 Å². The van der Waals surface area contributed by atoms with Crippen LogP contribution in [0.1, 0.15) is 5.56 Å². The fourth-order valence-electron chi connectivity index (χ4n) is 3.76. The molecule has 4 heteroatoms. The highest BCUT2D eigenvalue weighted by Gasteiger charge is 2.22. The molecule has 0 amide bonds. The van der Waals surface area contributed by atoms with Crippen LogP contribution in [0.3, 0.4) is 0 Å². The summed E-state index contributed by atoms with van der Waals surface area (Å²) >= 11 is 0. The maximum Gasteiger partial charge on any atom is 0.352 e. The Morgan fingerprint density at radius 2 is 1.65 bits per heavy atom. The summed E-state index contributed by atoms with van der Waals surface area (Å²) in [6.45, 7) is 2.13. The number of aromatic nitrogens is 4. The van der Waals surface area contributed by atoms with Crippen LogP contribution in [-0.2, 0) is 14.1 Å². The van der Waals surface area contributed by atoms with Gasteiger partial charge in [0.25, 0.3) is 0 Å². The van der Waals surface area contributed by atoms with Gasteiger partial charge in [-0.25, -0.2) is 0 Å². The third-order valence-electron chi connectivity index (χ3n) is 5.13. The first-order valence-electron chi connectivity index (χ1n) is 8.74. The molecule has 4 nitrogen and oxygen atoms in total. The first-order valence-corrected chi connectivity index (χ1v) is 8.74. The van der Waals surface area contributed by atoms with Crippen molar-refractivity contribution in [1.82, 2.24) is 14.6 Å². The van der Waals surface area contributed by atoms with E-state index in [-0.39, 0.29) is 0 Å². The van der Waals surface area contributed by atoms with Gasteiger partial charge >= 0.3 is 5.82 Å². The van der Waals surface area contributed by atoms with E-state index in [0.29, 0.717) is 0 Å². The van der Waals surface area contributed by atoms with Crippen LogP contribution >= 0.6 is 0 Å². The molecule has 0 aliphatic carbocycles. The summed E-state index contributed by atoms with van der Waals surface area (Å²) in [4.78, 5) is 5.01. The van der Waals surface area contributed by atoms with E-state index < -0.39 is 0 Å². The Morgan fingerprint density at radius 1 is 0.923 bits per heavy atom. The number of nitrogens with zero attached hydrogens (tertiary/aromatic N) is 4. The van der Waals surface area contributed by atoms with Gasteiger partial charge in [-0.2, -0.15) is 0 Å². The third kappa shape index (κ3) is 2.12. The second kappa shape index (κ2) is 5.36. The Kier molecular flexibility index (Phi) is 3.10. The van der Waals surface area contributed by atoms with Gasteiger partial charge in [-0.1, -0.05) is 35.4 Å². The maximum absolute atomic E-state index is 5.01. The molecule has 0 radical (unpaired) electrons. The van der Waals surface area contributed by atoms with E-state index in [4.69, 9.17) is 10.1 Å². The molecular weight excluding hydrogens is 320 g/mol. The predicted octanol–water partition coefficient (Wildman–Crippen LogP) is 4.07. The van der Waals surface area contributed by atoms with Crippen molar-refractivity contribution in [3.63, 3.8) is 0 Å². The average Bonchev–Trinajstić information content (AvgIpc) is 3.01. The molecule has 0 unspecified atom stereocenters. The van der Waals surface area contributed by atoms with E-state index in [0.717, 1.165) is 22.4 Å². The van der Waals surface area contributed by atoms with Crippen molar-refractivity contribution in [1.29, 1.82) is 0 Å². The van der Waals surface area contributed by atoms with Gasteiger partial charge in [0.1, 0.15) is 7.05 Å². The van der Waals surface area contributed by atoms with Gasteiger partial charge in [-0.3, -0.25) is 0 Å². The molecule has 0 saturated carbocycles. The van der Waals surface area contributed by atoms with Crippen LogP contribution in [0.25, 0.3) is 44.1 Å². The van der Waals surface area contributed by atoms with E-state index in [1.807, 2.05) is 11.7 Å². The van der Waals surface area contributed by atoms with Crippen molar-refractivity contribution in [3.8, 4) is 11.4 Å². The summed E-state index contributed by atoms with van der Waals surface area (Å²) in [7, 11) is 4.04. The van der Waals surface area contributed by atoms with Gasteiger partial charge in [0.05, 0.1) is 5.56 Å². The first kappa shape index (κ1) is 15.0. The Bertz CT molecular complexity index is 1310. The zero-order chi connectivity index (χ0) is 17.8. The molecule has 126 valence electrons. The average molecular weight is 339 g/mol. The summed E-state index contributed by atoms with van der Waals surface area (Å²) in [6, 6.07) is 19.0. The second-order valence-corrected chi connectivity index (χ2v) is 6.86. The van der Waals surface area contributed by atoms with Gasteiger partial charge in [-0.15, -0.1) is 4.68 Å². The quantitative estimate of drug-likeness (QED) is 0.341. The molecule has 26 heavy (non-hydrogen) atoms. The number of aryl methyl sites for hydroxylation is 3. The molecule has 0 aliphatic heterocycles. The lowest BCUT2D eigenvalue weighted by molar-refractivity contribution is -0.720. The zero-order valence-corrected chi connectivity index (χ0v) is 15.1. The van der Waals surface area contributed by atoms with Gasteiger partial charge in [0.2, 0.25) is 5.52 Å². The van der Waals surface area contributed by atoms with Crippen LogP contribution in [0.2, 0.25) is 0 Å². The molecule has 0 N–H and O–H groups in total. The van der Waals surface area contributed by atoms with E-state index in [2.05, 4.69) is 79.3 Å². The highest BCUT2D eigenvalue weighted by molar-refractivity contribution is 5.97. The molecule has 0 bridgehead atoms. The van der Waals surface area contributed by atoms with Crippen molar-refractivity contribution < 1.29 is 4.68 Å². The van der Waals surface area contributed by atoms with Gasteiger partial charge < -0.3 is 4.57 Å². The monoisotopic (exact) mass is 339 g/mol. The first-order chi connectivity index (χ1) is 12.6. The Hall–Kier alpha value is -3.27. The maximum atomic E-state index is 5.01. The SMILES string of the molecule is Cc1ccc2c(ccn2C)c1-c1nc2cc3ccccc3cc2n[n+]1C. The molecule has 2 aromatic heterocycles. The fourth-order valence-corrected chi connectivity index (χ4v) is 3.76. The van der Waals surface area contributed by atoms with Crippen LogP contribution in [0.4, 0.5) is 0 Å². The summed E-state index contributed by atoms with van der Waals surface area (Å²) in [5.41, 5.74) is 5.38. The summed E-state index contributed by atoms with van der Waals surface area (Å²) < 4.78 is 4.03. The Morgan fingerprint density at radius 3 is 2.42 bits per heavy atom. The lowest BCUT2D eigenvalue weighted by atomic mass is 10.0. The van der Waals surface area contributed by atoms with Crippen molar-refractivity contribution in [2.45, 2.75) is 6.92 Å². The van der Waals surface area contributed by atoms with Crippen LogP contribution in [0.15, 0.2) is 60.8 Å². The largest absolute Gasteiger partial charge is 0.352 e. The topological polar surface area (TPSA) is 34.6 Å². The molecule has 0 aliphatic rings. The van der Waals surface area contributed by atoms with Crippen LogP contribution in [0.5, 0.6) is 0 Å². The standard InChI is InChI=1S/C22H19N4/c1-14-8-9-20-17(10-11-25(20)2)21(14)22-23-18-12-15-6-4-5-7-16(15)13-19(18)24-26(22)3/h4-13H,1-3H3/q+1. The minimum atomic E-state index is 0.891. The summed E-state index contributed by atoms with van der Waals surface area (Å²) in [6.07, 6.45) is 2.09. The molecular formula is C22H19N4+. The summed E-state index contributed by atoms with van der Waals surface area (Å²) in [5, 5.41) is 8.38. The molecule has 5 aromatic rings. The van der Waals surface area contributed by atoms with E-state index in [9.17, 15) is 0 Å². The molecule has 0 spiro atoms. The molecule has 5 rings (SSSR count). The van der Waals surface area contributed by atoms with Gasteiger partial charge in [0.15, 0.2) is 5.52 Å². The molecule has 3 aromatic carbocycles. The number of benzene rings is 3. The van der Waals surface area contributed by atoms with E-state index >= 15 is 0 Å². The molecule has 0 atom stereocenters. The van der Waals surface area contributed by atoms with Crippen molar-refractivity contribution in [2.24, 2.45) is 14.1 Å². The van der Waals surface area contributed by atoms with Crippen molar-refractivity contribution >= 4 is 32.7 Å². The second-order valence-electron chi connectivity index (χ2n) is 6.86. The van der Waals surface area contributed by atoms with Crippen LogP contribution < -0.4 is 4.68 Å². The minimum Gasteiger partial charge on any atom is -0.351 e. The number of hydrogen-bond donors (Lipinski definition) is 0. The molecule has 0 saturated heterocycles. The number of fused-ring (bicyclic) bond motifs is 3.